The molecule has 1 unspecified atom stereocenters. The first-order valence-corrected chi connectivity index (χ1v) is 12.6. The largest absolute Gasteiger partial charge is 0.479 e. The van der Waals surface area contributed by atoms with Crippen molar-refractivity contribution in [3.8, 4) is 33.5 Å². The van der Waals surface area contributed by atoms with E-state index >= 15 is 4.39 Å². The van der Waals surface area contributed by atoms with Gasteiger partial charge in [0.2, 0.25) is 0 Å². The average Bonchev–Trinajstić information content (AvgIpc) is 3.30. The van der Waals surface area contributed by atoms with Gasteiger partial charge in [0.1, 0.15) is 17.3 Å². The lowest BCUT2D eigenvalue weighted by Crippen LogP contribution is -2.28. The number of hydrogen-bond donors (Lipinski definition) is 1. The molecule has 0 aliphatic rings. The van der Waals surface area contributed by atoms with Crippen LogP contribution in [0.25, 0.3) is 39.2 Å². The molecule has 1 atom stereocenters. The number of aryl methyl sites for hydroxylation is 1. The predicted molar refractivity (Wildman–Crippen MR) is 147 cm³/mol. The number of carbonyl (C=O) groups is 1. The highest BCUT2D eigenvalue weighted by molar-refractivity contribution is 5.88. The number of aromatic nitrogens is 2. The molecule has 0 aliphatic heterocycles. The fraction of sp³-hybridized carbons (Fsp3) is 0.188. The van der Waals surface area contributed by atoms with E-state index in [1.165, 1.54) is 12.1 Å². The van der Waals surface area contributed by atoms with Crippen LogP contribution in [0.15, 0.2) is 85.2 Å². The number of carboxylic acids is 1. The van der Waals surface area contributed by atoms with Gasteiger partial charge < -0.3 is 14.2 Å². The summed E-state index contributed by atoms with van der Waals surface area (Å²) in [5.41, 5.74) is 3.61. The average molecular weight is 527 g/mol. The second-order valence-corrected chi connectivity index (χ2v) is 10.4. The van der Waals surface area contributed by atoms with E-state index in [0.717, 1.165) is 5.56 Å². The molecule has 0 radical (unpaired) electrons. The van der Waals surface area contributed by atoms with Crippen molar-refractivity contribution in [2.75, 3.05) is 0 Å². The Labute approximate surface area is 225 Å². The van der Waals surface area contributed by atoms with Crippen molar-refractivity contribution in [1.29, 1.82) is 0 Å². The Morgan fingerprint density at radius 1 is 0.897 bits per heavy atom. The monoisotopic (exact) mass is 526 g/mol. The zero-order valence-electron chi connectivity index (χ0n) is 22.1. The van der Waals surface area contributed by atoms with Crippen LogP contribution in [0.5, 0.6) is 0 Å². The van der Waals surface area contributed by atoms with Crippen LogP contribution in [0.1, 0.15) is 38.0 Å². The number of rotatable bonds is 6. The number of pyridine rings is 1. The second kappa shape index (κ2) is 10.1. The summed E-state index contributed by atoms with van der Waals surface area (Å²) in [6, 6.07) is 20.1. The van der Waals surface area contributed by atoms with E-state index in [1.54, 1.807) is 80.9 Å². The number of benzene rings is 3. The van der Waals surface area contributed by atoms with Crippen molar-refractivity contribution in [2.45, 2.75) is 39.4 Å². The molecule has 198 valence electrons. The summed E-state index contributed by atoms with van der Waals surface area (Å²) in [5.74, 6) is -2.01. The highest BCUT2D eigenvalue weighted by Gasteiger charge is 2.33. The molecule has 0 fully saturated rings. The maximum absolute atomic E-state index is 15.3. The molecule has 3 aromatic carbocycles. The summed E-state index contributed by atoms with van der Waals surface area (Å²) in [4.78, 5) is 17.3. The molecule has 0 bridgehead atoms. The number of halogens is 2. The maximum Gasteiger partial charge on any atom is 0.337 e. The maximum atomic E-state index is 15.3. The van der Waals surface area contributed by atoms with Gasteiger partial charge >= 0.3 is 5.97 Å². The smallest absolute Gasteiger partial charge is 0.337 e. The van der Waals surface area contributed by atoms with Crippen molar-refractivity contribution >= 4 is 11.6 Å². The van der Waals surface area contributed by atoms with Crippen molar-refractivity contribution < 1.29 is 23.4 Å². The summed E-state index contributed by atoms with van der Waals surface area (Å²) in [6.45, 7) is 7.10. The van der Waals surface area contributed by atoms with Gasteiger partial charge in [0.15, 0.2) is 6.10 Å². The summed E-state index contributed by atoms with van der Waals surface area (Å²) in [7, 11) is 0. The van der Waals surface area contributed by atoms with Crippen LogP contribution >= 0.6 is 0 Å². The van der Waals surface area contributed by atoms with Crippen LogP contribution in [-0.2, 0) is 9.53 Å². The molecule has 0 spiro atoms. The Kier molecular flexibility index (Phi) is 6.78. The van der Waals surface area contributed by atoms with E-state index in [9.17, 15) is 14.3 Å². The van der Waals surface area contributed by atoms with E-state index < -0.39 is 23.5 Å². The minimum atomic E-state index is -1.35. The van der Waals surface area contributed by atoms with Gasteiger partial charge in [0.05, 0.1) is 11.3 Å². The molecule has 0 aliphatic carbocycles. The predicted octanol–water partition coefficient (Wildman–Crippen LogP) is 7.86. The summed E-state index contributed by atoms with van der Waals surface area (Å²) in [5, 5.41) is 10.2. The van der Waals surface area contributed by atoms with Crippen LogP contribution in [0.2, 0.25) is 0 Å². The minimum absolute atomic E-state index is 0.224. The summed E-state index contributed by atoms with van der Waals surface area (Å²) >= 11 is 0. The first-order chi connectivity index (χ1) is 18.5. The molecule has 0 saturated heterocycles. The second-order valence-electron chi connectivity index (χ2n) is 10.4. The Balaban J connectivity index is 1.76. The first kappa shape index (κ1) is 26.3. The van der Waals surface area contributed by atoms with Crippen LogP contribution in [-0.4, -0.2) is 26.1 Å². The zero-order valence-corrected chi connectivity index (χ0v) is 22.1. The summed E-state index contributed by atoms with van der Waals surface area (Å²) < 4.78 is 37.5. The van der Waals surface area contributed by atoms with E-state index in [1.807, 2.05) is 24.3 Å². The van der Waals surface area contributed by atoms with Crippen LogP contribution in [0, 0.1) is 18.6 Å². The fourth-order valence-electron chi connectivity index (χ4n) is 4.81. The van der Waals surface area contributed by atoms with Gasteiger partial charge in [-0.15, -0.1) is 0 Å². The molecule has 5 aromatic rings. The third-order valence-electron chi connectivity index (χ3n) is 6.43. The Morgan fingerprint density at radius 3 is 2.13 bits per heavy atom. The number of nitrogens with zero attached hydrogens (tertiary/aromatic N) is 2. The molecule has 0 saturated carbocycles. The number of carboxylic acid groups (broad SMARTS) is 1. The van der Waals surface area contributed by atoms with E-state index in [4.69, 9.17) is 9.72 Å². The standard InChI is InChI=1S/C32H28F2N2O3/c1-19-17-36-18-26(21-11-9-10-20(16-21)22-12-5-7-14-24(22)33)35-30(36)28(23-13-6-8-15-25(23)34)27(19)29(31(37)38)39-32(2,3)4/h5-18,29H,1-4H3,(H,37,38). The molecular weight excluding hydrogens is 498 g/mol. The summed E-state index contributed by atoms with van der Waals surface area (Å²) in [6.07, 6.45) is 2.22. The molecule has 7 heteroatoms. The quantitative estimate of drug-likeness (QED) is 0.245. The molecule has 0 amide bonds. The Bertz CT molecular complexity index is 1700. The van der Waals surface area contributed by atoms with Gasteiger partial charge in [0.25, 0.3) is 0 Å². The highest BCUT2D eigenvalue weighted by Crippen LogP contribution is 2.40. The zero-order chi connectivity index (χ0) is 27.9. The van der Waals surface area contributed by atoms with E-state index in [0.29, 0.717) is 39.2 Å². The van der Waals surface area contributed by atoms with Gasteiger partial charge in [-0.1, -0.05) is 54.6 Å². The van der Waals surface area contributed by atoms with Crippen molar-refractivity contribution in [3.63, 3.8) is 0 Å². The number of imidazole rings is 1. The number of hydrogen-bond acceptors (Lipinski definition) is 3. The van der Waals surface area contributed by atoms with Crippen molar-refractivity contribution in [2.24, 2.45) is 0 Å². The van der Waals surface area contributed by atoms with Crippen LogP contribution < -0.4 is 0 Å². The minimum Gasteiger partial charge on any atom is -0.479 e. The van der Waals surface area contributed by atoms with Gasteiger partial charge in [-0.05, 0) is 57.0 Å². The van der Waals surface area contributed by atoms with Gasteiger partial charge in [0, 0.05) is 40.2 Å². The highest BCUT2D eigenvalue weighted by atomic mass is 19.1. The normalized spacial score (nSPS) is 12.6. The Morgan fingerprint density at radius 2 is 1.51 bits per heavy atom. The van der Waals surface area contributed by atoms with E-state index in [2.05, 4.69) is 0 Å². The molecule has 2 heterocycles. The molecule has 1 N–H and O–H groups in total. The number of ether oxygens (including phenoxy) is 1. The molecular formula is C32H28F2N2O3. The fourth-order valence-corrected chi connectivity index (χ4v) is 4.81. The number of fused-ring (bicyclic) bond motifs is 1. The molecule has 5 nitrogen and oxygen atoms in total. The first-order valence-electron chi connectivity index (χ1n) is 12.6. The SMILES string of the molecule is Cc1cn2cc(-c3cccc(-c4ccccc4F)c3)nc2c(-c2ccccc2F)c1C(OC(C)(C)C)C(=O)O. The number of aliphatic carboxylic acids is 1. The third kappa shape index (κ3) is 5.18. The molecule has 39 heavy (non-hydrogen) atoms. The molecule has 5 rings (SSSR count). The lowest BCUT2D eigenvalue weighted by Gasteiger charge is -2.28. The molecule has 2 aromatic heterocycles. The van der Waals surface area contributed by atoms with Crippen LogP contribution in [0.4, 0.5) is 8.78 Å². The van der Waals surface area contributed by atoms with Crippen molar-refractivity contribution in [3.05, 3.63) is 108 Å². The van der Waals surface area contributed by atoms with Crippen LogP contribution in [0.3, 0.4) is 0 Å². The van der Waals surface area contributed by atoms with Gasteiger partial charge in [-0.25, -0.2) is 18.6 Å². The van der Waals surface area contributed by atoms with Gasteiger partial charge in [-0.2, -0.15) is 0 Å². The van der Waals surface area contributed by atoms with E-state index in [-0.39, 0.29) is 11.4 Å². The lowest BCUT2D eigenvalue weighted by molar-refractivity contribution is -0.160. The third-order valence-corrected chi connectivity index (χ3v) is 6.43. The lowest BCUT2D eigenvalue weighted by atomic mass is 9.93. The van der Waals surface area contributed by atoms with Gasteiger partial charge in [-0.3, -0.25) is 0 Å². The topological polar surface area (TPSA) is 63.8 Å². The Hall–Kier alpha value is -4.36. The van der Waals surface area contributed by atoms with Crippen molar-refractivity contribution in [1.82, 2.24) is 9.38 Å².